The van der Waals surface area contributed by atoms with E-state index in [2.05, 4.69) is 16.9 Å². The number of ether oxygens (including phenoxy) is 3. The van der Waals surface area contributed by atoms with E-state index in [0.717, 1.165) is 12.8 Å². The van der Waals surface area contributed by atoms with Crippen molar-refractivity contribution in [3.63, 3.8) is 0 Å². The third kappa shape index (κ3) is 13.6. The van der Waals surface area contributed by atoms with E-state index < -0.39 is 30.1 Å². The molecular formula is C27H54N4O5. The molecule has 0 aromatic carbocycles. The molecule has 0 saturated carbocycles. The fraction of sp³-hybridized carbons (Fsp3) is 1.00. The number of aliphatic hydroxyl groups is 2. The van der Waals surface area contributed by atoms with Crippen LogP contribution in [0.5, 0.6) is 0 Å². The van der Waals surface area contributed by atoms with Gasteiger partial charge in [-0.25, -0.2) is 0 Å². The Morgan fingerprint density at radius 2 is 1.50 bits per heavy atom. The van der Waals surface area contributed by atoms with Crippen LogP contribution in [0.3, 0.4) is 0 Å². The van der Waals surface area contributed by atoms with Crippen molar-refractivity contribution in [1.29, 1.82) is 0 Å². The molecule has 0 aromatic rings. The van der Waals surface area contributed by atoms with Gasteiger partial charge in [0.05, 0.1) is 43.6 Å². The zero-order chi connectivity index (χ0) is 26.7. The van der Waals surface area contributed by atoms with Gasteiger partial charge in [-0.05, 0) is 18.9 Å². The van der Waals surface area contributed by atoms with Gasteiger partial charge in [0.25, 0.3) is 0 Å². The number of nitrogens with two attached hydrogens (primary N) is 1. The molecule has 0 aromatic heterocycles. The van der Waals surface area contributed by atoms with Crippen LogP contribution in [0.4, 0.5) is 0 Å². The highest BCUT2D eigenvalue weighted by Crippen LogP contribution is 2.28. The minimum absolute atomic E-state index is 0.0459. The summed E-state index contributed by atoms with van der Waals surface area (Å²) in [6.45, 7) is 6.44. The second kappa shape index (κ2) is 20.1. The van der Waals surface area contributed by atoms with Gasteiger partial charge in [0, 0.05) is 17.4 Å². The second-order valence-corrected chi connectivity index (χ2v) is 10.8. The van der Waals surface area contributed by atoms with Gasteiger partial charge < -0.3 is 30.2 Å². The molecule has 6 atom stereocenters. The van der Waals surface area contributed by atoms with E-state index >= 15 is 0 Å². The van der Waals surface area contributed by atoms with Crippen LogP contribution in [-0.2, 0) is 14.2 Å². The average Bonchev–Trinajstić information content (AvgIpc) is 2.87. The fourth-order valence-electron chi connectivity index (χ4n) is 4.70. The third-order valence-electron chi connectivity index (χ3n) is 7.24. The summed E-state index contributed by atoms with van der Waals surface area (Å²) in [5.41, 5.74) is 14.0. The molecule has 1 saturated heterocycles. The number of unbranched alkanes of at least 4 members (excludes halogenated alkanes) is 13. The number of rotatable bonds is 22. The van der Waals surface area contributed by atoms with Gasteiger partial charge >= 0.3 is 0 Å². The van der Waals surface area contributed by atoms with E-state index in [9.17, 15) is 10.2 Å². The summed E-state index contributed by atoms with van der Waals surface area (Å²) >= 11 is 0. The molecule has 0 aliphatic carbocycles. The molecule has 0 radical (unpaired) electrons. The van der Waals surface area contributed by atoms with Gasteiger partial charge in [-0.1, -0.05) is 102 Å². The molecule has 212 valence electrons. The van der Waals surface area contributed by atoms with Gasteiger partial charge in [0.2, 0.25) is 0 Å². The van der Waals surface area contributed by atoms with Crippen LogP contribution < -0.4 is 5.73 Å². The smallest absolute Gasteiger partial charge is 0.176 e. The number of azide groups is 1. The number of hydrogen-bond donors (Lipinski definition) is 3. The third-order valence-corrected chi connectivity index (χ3v) is 7.24. The minimum atomic E-state index is -0.954. The molecule has 0 amide bonds. The van der Waals surface area contributed by atoms with Crippen molar-refractivity contribution < 1.29 is 24.4 Å². The molecular weight excluding hydrogens is 460 g/mol. The van der Waals surface area contributed by atoms with E-state index in [1.54, 1.807) is 13.8 Å². The maximum absolute atomic E-state index is 10.4. The SMILES string of the molecule is CCCCCCCCCCCCCCCCOC[C@](C)(CN=[N+]=[N-])O[C@@H]1OC(CO)[C@@H](C)C(O)C1N. The van der Waals surface area contributed by atoms with E-state index in [1.165, 1.54) is 77.0 Å². The summed E-state index contributed by atoms with van der Waals surface area (Å²) in [4.78, 5) is 2.84. The van der Waals surface area contributed by atoms with Crippen molar-refractivity contribution in [3.8, 4) is 0 Å². The van der Waals surface area contributed by atoms with Crippen molar-refractivity contribution in [3.05, 3.63) is 10.4 Å². The Morgan fingerprint density at radius 1 is 0.972 bits per heavy atom. The topological polar surface area (TPSA) is 143 Å². The quantitative estimate of drug-likeness (QED) is 0.0741. The van der Waals surface area contributed by atoms with Crippen LogP contribution in [0.2, 0.25) is 0 Å². The lowest BCUT2D eigenvalue weighted by atomic mass is 9.90. The summed E-state index contributed by atoms with van der Waals surface area (Å²) < 4.78 is 17.7. The summed E-state index contributed by atoms with van der Waals surface area (Å²) in [6.07, 6.45) is 15.9. The Kier molecular flexibility index (Phi) is 18.5. The van der Waals surface area contributed by atoms with E-state index in [-0.39, 0.29) is 25.7 Å². The number of hydrogen-bond acceptors (Lipinski definition) is 7. The highest BCUT2D eigenvalue weighted by atomic mass is 16.7. The zero-order valence-corrected chi connectivity index (χ0v) is 23.2. The van der Waals surface area contributed by atoms with Gasteiger partial charge in [-0.2, -0.15) is 0 Å². The predicted molar refractivity (Wildman–Crippen MR) is 144 cm³/mol. The predicted octanol–water partition coefficient (Wildman–Crippen LogP) is 5.61. The monoisotopic (exact) mass is 514 g/mol. The van der Waals surface area contributed by atoms with Crippen molar-refractivity contribution in [2.45, 2.75) is 141 Å². The summed E-state index contributed by atoms with van der Waals surface area (Å²) in [6, 6.07) is -0.779. The Balaban J connectivity index is 2.20. The van der Waals surface area contributed by atoms with Crippen LogP contribution >= 0.6 is 0 Å². The molecule has 9 heteroatoms. The van der Waals surface area contributed by atoms with Gasteiger partial charge in [-0.3, -0.25) is 0 Å². The summed E-state index contributed by atoms with van der Waals surface area (Å²) in [7, 11) is 0. The molecule has 1 rings (SSSR count). The van der Waals surface area contributed by atoms with Crippen molar-refractivity contribution in [2.24, 2.45) is 16.8 Å². The maximum atomic E-state index is 10.4. The Labute approximate surface area is 219 Å². The van der Waals surface area contributed by atoms with Crippen molar-refractivity contribution >= 4 is 0 Å². The zero-order valence-electron chi connectivity index (χ0n) is 23.2. The van der Waals surface area contributed by atoms with Crippen LogP contribution in [0.1, 0.15) is 111 Å². The molecule has 1 aliphatic rings. The van der Waals surface area contributed by atoms with E-state index in [4.69, 9.17) is 25.5 Å². The second-order valence-electron chi connectivity index (χ2n) is 10.8. The first-order chi connectivity index (χ1) is 17.4. The summed E-state index contributed by atoms with van der Waals surface area (Å²) in [5, 5.41) is 23.6. The molecule has 1 fully saturated rings. The highest BCUT2D eigenvalue weighted by Gasteiger charge is 2.44. The molecule has 9 nitrogen and oxygen atoms in total. The van der Waals surface area contributed by atoms with Crippen LogP contribution in [0, 0.1) is 5.92 Å². The van der Waals surface area contributed by atoms with E-state index in [0.29, 0.717) is 6.61 Å². The van der Waals surface area contributed by atoms with E-state index in [1.807, 2.05) is 0 Å². The normalized spacial score (nSPS) is 25.9. The molecule has 0 bridgehead atoms. The standard InChI is InChI=1S/C27H54N4O5/c1-4-5-6-7-8-9-10-11-12-13-14-15-16-17-18-34-21-27(3,20-30-31-29)36-26-24(28)25(33)22(2)23(19-32)35-26/h22-26,32-33H,4-21,28H2,1-3H3/t22-,23?,24?,25?,26+,27+/m1/s1. The Hall–Kier alpha value is -0.930. The lowest BCUT2D eigenvalue weighted by Crippen LogP contribution is -2.61. The molecule has 0 spiro atoms. The van der Waals surface area contributed by atoms with Crippen molar-refractivity contribution in [2.75, 3.05) is 26.4 Å². The molecule has 1 heterocycles. The molecule has 4 N–H and O–H groups in total. The van der Waals surface area contributed by atoms with Gasteiger partial charge in [0.1, 0.15) is 0 Å². The van der Waals surface area contributed by atoms with Crippen LogP contribution in [0.25, 0.3) is 10.4 Å². The van der Waals surface area contributed by atoms with Gasteiger partial charge in [0.15, 0.2) is 6.29 Å². The van der Waals surface area contributed by atoms with Crippen LogP contribution in [0.15, 0.2) is 5.11 Å². The molecule has 3 unspecified atom stereocenters. The number of nitrogens with zero attached hydrogens (tertiary/aromatic N) is 3. The Morgan fingerprint density at radius 3 is 2.00 bits per heavy atom. The summed E-state index contributed by atoms with van der Waals surface area (Å²) in [5.74, 6) is -0.315. The maximum Gasteiger partial charge on any atom is 0.176 e. The van der Waals surface area contributed by atoms with Gasteiger partial charge in [-0.15, -0.1) is 0 Å². The molecule has 36 heavy (non-hydrogen) atoms. The highest BCUT2D eigenvalue weighted by molar-refractivity contribution is 4.91. The first-order valence-electron chi connectivity index (χ1n) is 14.3. The first kappa shape index (κ1) is 33.1. The molecule has 1 aliphatic heterocycles. The van der Waals surface area contributed by atoms with Crippen molar-refractivity contribution in [1.82, 2.24) is 0 Å². The minimum Gasteiger partial charge on any atom is -0.394 e. The number of aliphatic hydroxyl groups excluding tert-OH is 2. The first-order valence-corrected chi connectivity index (χ1v) is 14.3. The average molecular weight is 515 g/mol. The largest absolute Gasteiger partial charge is 0.394 e. The Bertz CT molecular complexity index is 591. The van der Waals surface area contributed by atoms with Crippen LogP contribution in [-0.4, -0.2) is 66.7 Å². The fourth-order valence-corrected chi connectivity index (χ4v) is 4.70. The lowest BCUT2D eigenvalue weighted by molar-refractivity contribution is -0.287. The lowest BCUT2D eigenvalue weighted by Gasteiger charge is -2.44.